The number of hydrogen-bond acceptors (Lipinski definition) is 7. The highest BCUT2D eigenvalue weighted by molar-refractivity contribution is 7.91. The molecule has 0 bridgehead atoms. The Morgan fingerprint density at radius 2 is 1.84 bits per heavy atom. The molecule has 1 atom stereocenters. The normalized spacial score (nSPS) is 13.0. The molecule has 0 spiro atoms. The van der Waals surface area contributed by atoms with Crippen molar-refractivity contribution in [2.24, 2.45) is 0 Å². The first-order chi connectivity index (χ1) is 15.4. The van der Waals surface area contributed by atoms with Crippen LogP contribution in [0.25, 0.3) is 15.9 Å². The van der Waals surface area contributed by atoms with E-state index in [0.717, 1.165) is 21.3 Å². The largest absolute Gasteiger partial charge is 0.362 e. The van der Waals surface area contributed by atoms with Gasteiger partial charge < -0.3 is 5.32 Å². The molecule has 5 aromatic rings. The molecule has 0 saturated heterocycles. The predicted octanol–water partition coefficient (Wildman–Crippen LogP) is 4.96. The minimum Gasteiger partial charge on any atom is -0.362 e. The molecule has 3 heterocycles. The molecule has 0 aliphatic heterocycles. The van der Waals surface area contributed by atoms with Crippen LogP contribution in [0.2, 0.25) is 0 Å². The predicted molar refractivity (Wildman–Crippen MR) is 126 cm³/mol. The highest BCUT2D eigenvalue weighted by Gasteiger charge is 2.29. The van der Waals surface area contributed by atoms with Crippen LogP contribution in [0.1, 0.15) is 29.7 Å². The molecule has 1 unspecified atom stereocenters. The van der Waals surface area contributed by atoms with E-state index in [1.165, 1.54) is 15.9 Å². The lowest BCUT2D eigenvalue weighted by molar-refractivity contribution is 0.592. The zero-order chi connectivity index (χ0) is 22.5. The number of hydrogen-bond donors (Lipinski definition) is 1. The van der Waals surface area contributed by atoms with Gasteiger partial charge in [-0.25, -0.2) is 13.4 Å². The number of anilines is 1. The van der Waals surface area contributed by atoms with Crippen LogP contribution in [-0.2, 0) is 9.84 Å². The Hall–Kier alpha value is -3.30. The molecule has 0 aliphatic rings. The Bertz CT molecular complexity index is 1560. The first kappa shape index (κ1) is 20.6. The second-order valence-corrected chi connectivity index (χ2v) is 10.5. The zero-order valence-electron chi connectivity index (χ0n) is 17.8. The van der Waals surface area contributed by atoms with Crippen LogP contribution in [0.4, 0.5) is 5.82 Å². The SMILES string of the molecule is Cc1ccc(C)c(S(=O)(=O)c2nnn3c2nc(NC(C)c2ccccc2)c2sccc23)c1. The van der Waals surface area contributed by atoms with Crippen molar-refractivity contribution in [3.05, 3.63) is 76.7 Å². The quantitative estimate of drug-likeness (QED) is 0.396. The van der Waals surface area contributed by atoms with E-state index in [2.05, 4.69) is 15.6 Å². The van der Waals surface area contributed by atoms with Gasteiger partial charge in [0.25, 0.3) is 0 Å². The highest BCUT2D eigenvalue weighted by Crippen LogP contribution is 2.33. The van der Waals surface area contributed by atoms with Gasteiger partial charge in [-0.3, -0.25) is 0 Å². The summed E-state index contributed by atoms with van der Waals surface area (Å²) >= 11 is 1.52. The van der Waals surface area contributed by atoms with E-state index in [1.807, 2.05) is 61.7 Å². The Morgan fingerprint density at radius 1 is 1.06 bits per heavy atom. The number of aryl methyl sites for hydroxylation is 2. The molecule has 0 aliphatic carbocycles. The summed E-state index contributed by atoms with van der Waals surface area (Å²) in [6.07, 6.45) is 0. The molecule has 0 saturated carbocycles. The average molecular weight is 464 g/mol. The smallest absolute Gasteiger partial charge is 0.229 e. The zero-order valence-corrected chi connectivity index (χ0v) is 19.4. The third kappa shape index (κ3) is 3.34. The van der Waals surface area contributed by atoms with Crippen molar-refractivity contribution in [2.45, 2.75) is 36.7 Å². The molecule has 1 N–H and O–H groups in total. The van der Waals surface area contributed by atoms with Gasteiger partial charge in [-0.15, -0.1) is 16.4 Å². The number of benzene rings is 2. The molecule has 0 fully saturated rings. The molecule has 2 aromatic carbocycles. The van der Waals surface area contributed by atoms with Gasteiger partial charge in [-0.05, 0) is 55.0 Å². The van der Waals surface area contributed by atoms with Crippen molar-refractivity contribution in [2.75, 3.05) is 5.32 Å². The standard InChI is InChI=1S/C23H21N5O2S2/c1-14-9-10-15(2)19(13-14)32(29,30)23-22-25-21(24-16(3)17-7-5-4-6-8-17)20-18(11-12-31-20)28(22)27-26-23/h4-13,16H,1-3H3,(H,24,25). The van der Waals surface area contributed by atoms with E-state index in [1.54, 1.807) is 19.1 Å². The van der Waals surface area contributed by atoms with Crippen LogP contribution < -0.4 is 5.32 Å². The lowest BCUT2D eigenvalue weighted by Crippen LogP contribution is -2.10. The molecule has 3 aromatic heterocycles. The third-order valence-corrected chi connectivity index (χ3v) is 8.17. The average Bonchev–Trinajstić information content (AvgIpc) is 3.43. The van der Waals surface area contributed by atoms with E-state index in [-0.39, 0.29) is 21.6 Å². The van der Waals surface area contributed by atoms with Gasteiger partial charge in [-0.2, -0.15) is 4.52 Å². The molecule has 32 heavy (non-hydrogen) atoms. The second kappa shape index (κ2) is 7.68. The highest BCUT2D eigenvalue weighted by atomic mass is 32.2. The van der Waals surface area contributed by atoms with Gasteiger partial charge in [0, 0.05) is 6.04 Å². The van der Waals surface area contributed by atoms with Gasteiger partial charge in [0.15, 0.2) is 5.65 Å². The lowest BCUT2D eigenvalue weighted by atomic mass is 10.1. The summed E-state index contributed by atoms with van der Waals surface area (Å²) in [5.74, 6) is 0.610. The van der Waals surface area contributed by atoms with Crippen molar-refractivity contribution in [3.8, 4) is 0 Å². The van der Waals surface area contributed by atoms with Gasteiger partial charge in [0.1, 0.15) is 5.82 Å². The van der Waals surface area contributed by atoms with Crippen LogP contribution in [-0.4, -0.2) is 28.2 Å². The van der Waals surface area contributed by atoms with Gasteiger partial charge in [0.05, 0.1) is 15.1 Å². The van der Waals surface area contributed by atoms with Crippen molar-refractivity contribution in [1.29, 1.82) is 0 Å². The van der Waals surface area contributed by atoms with Crippen molar-refractivity contribution >= 4 is 42.9 Å². The second-order valence-electron chi connectivity index (χ2n) is 7.77. The minimum atomic E-state index is -3.91. The Labute approximate surface area is 189 Å². The Kier molecular flexibility index (Phi) is 4.94. The molecule has 0 radical (unpaired) electrons. The van der Waals surface area contributed by atoms with Crippen LogP contribution in [0.3, 0.4) is 0 Å². The molecule has 162 valence electrons. The third-order valence-electron chi connectivity index (χ3n) is 5.46. The fourth-order valence-corrected chi connectivity index (χ4v) is 6.11. The Balaban J connectivity index is 1.68. The lowest BCUT2D eigenvalue weighted by Gasteiger charge is -2.16. The van der Waals surface area contributed by atoms with E-state index in [9.17, 15) is 8.42 Å². The first-order valence-electron chi connectivity index (χ1n) is 10.1. The van der Waals surface area contributed by atoms with E-state index < -0.39 is 9.84 Å². The molecular formula is C23H21N5O2S2. The summed E-state index contributed by atoms with van der Waals surface area (Å²) in [5.41, 5.74) is 3.59. The number of nitrogens with one attached hydrogen (secondary N) is 1. The minimum absolute atomic E-state index is 0.0218. The van der Waals surface area contributed by atoms with Gasteiger partial charge >= 0.3 is 0 Å². The maximum Gasteiger partial charge on any atom is 0.229 e. The molecule has 5 rings (SSSR count). The summed E-state index contributed by atoms with van der Waals surface area (Å²) in [4.78, 5) is 4.92. The molecular weight excluding hydrogens is 442 g/mol. The summed E-state index contributed by atoms with van der Waals surface area (Å²) in [7, 11) is -3.91. The topological polar surface area (TPSA) is 89.2 Å². The van der Waals surface area contributed by atoms with E-state index >= 15 is 0 Å². The number of fused-ring (bicyclic) bond motifs is 3. The summed E-state index contributed by atoms with van der Waals surface area (Å²) in [5, 5.41) is 13.4. The number of thiophene rings is 1. The van der Waals surface area contributed by atoms with Crippen molar-refractivity contribution in [1.82, 2.24) is 19.8 Å². The van der Waals surface area contributed by atoms with Crippen LogP contribution in [0, 0.1) is 13.8 Å². The number of sulfone groups is 1. The number of nitrogens with zero attached hydrogens (tertiary/aromatic N) is 4. The van der Waals surface area contributed by atoms with E-state index in [4.69, 9.17) is 4.98 Å². The van der Waals surface area contributed by atoms with Gasteiger partial charge in [-0.1, -0.05) is 47.7 Å². The summed E-state index contributed by atoms with van der Waals surface area (Å²) in [6, 6.07) is 17.3. The summed E-state index contributed by atoms with van der Waals surface area (Å²) in [6.45, 7) is 5.68. The fourth-order valence-electron chi connectivity index (χ4n) is 3.73. The van der Waals surface area contributed by atoms with Crippen molar-refractivity contribution in [3.63, 3.8) is 0 Å². The van der Waals surface area contributed by atoms with Crippen LogP contribution >= 0.6 is 11.3 Å². The maximum absolute atomic E-state index is 13.5. The van der Waals surface area contributed by atoms with Crippen LogP contribution in [0.15, 0.2) is 69.9 Å². The maximum atomic E-state index is 13.5. The number of aromatic nitrogens is 4. The van der Waals surface area contributed by atoms with Crippen molar-refractivity contribution < 1.29 is 8.42 Å². The van der Waals surface area contributed by atoms with E-state index in [0.29, 0.717) is 11.4 Å². The molecule has 9 heteroatoms. The monoisotopic (exact) mass is 463 g/mol. The first-order valence-corrected chi connectivity index (χ1v) is 12.5. The Morgan fingerprint density at radius 3 is 2.62 bits per heavy atom. The van der Waals surface area contributed by atoms with Gasteiger partial charge in [0.2, 0.25) is 14.9 Å². The molecule has 7 nitrogen and oxygen atoms in total. The molecule has 0 amide bonds. The van der Waals surface area contributed by atoms with Crippen LogP contribution in [0.5, 0.6) is 0 Å². The summed E-state index contributed by atoms with van der Waals surface area (Å²) < 4.78 is 29.5. The number of rotatable bonds is 5. The fraction of sp³-hybridized carbons (Fsp3) is 0.174.